The van der Waals surface area contributed by atoms with Crippen molar-refractivity contribution in [2.24, 2.45) is 0 Å². The minimum atomic E-state index is 0.0605. The van der Waals surface area contributed by atoms with Crippen molar-refractivity contribution in [3.05, 3.63) is 78.2 Å². The number of carbonyl (C=O) groups is 1. The third-order valence-electron chi connectivity index (χ3n) is 5.81. The number of nitrogens with one attached hydrogen (secondary N) is 1. The minimum Gasteiger partial charge on any atom is -0.497 e. The van der Waals surface area contributed by atoms with E-state index in [1.807, 2.05) is 83.2 Å². The minimum absolute atomic E-state index is 0.0605. The Balaban J connectivity index is 1.26. The van der Waals surface area contributed by atoms with Crippen molar-refractivity contribution >= 4 is 28.9 Å². The number of rotatable bonds is 5. The average Bonchev–Trinajstić information content (AvgIpc) is 3.28. The molecule has 4 aromatic rings. The number of aryl methyl sites for hydroxylation is 1. The summed E-state index contributed by atoms with van der Waals surface area (Å²) in [6.45, 7) is 4.59. The molecule has 1 aliphatic heterocycles. The molecule has 1 amide bonds. The molecule has 0 bridgehead atoms. The van der Waals surface area contributed by atoms with Crippen LogP contribution in [0.3, 0.4) is 0 Å². The van der Waals surface area contributed by atoms with E-state index in [2.05, 4.69) is 15.2 Å². The van der Waals surface area contributed by atoms with Crippen LogP contribution in [0.4, 0.5) is 17.5 Å². The number of ether oxygens (including phenoxy) is 1. The predicted octanol–water partition coefficient (Wildman–Crippen LogP) is 3.75. The number of piperazine rings is 1. The number of anilines is 3. The molecule has 3 aromatic heterocycles. The fourth-order valence-electron chi connectivity index (χ4n) is 4.04. The molecule has 4 heterocycles. The summed E-state index contributed by atoms with van der Waals surface area (Å²) in [5.74, 6) is 2.28. The zero-order valence-corrected chi connectivity index (χ0v) is 18.7. The number of pyridine rings is 1. The van der Waals surface area contributed by atoms with E-state index in [1.54, 1.807) is 7.11 Å². The number of methoxy groups -OCH3 is 1. The van der Waals surface area contributed by atoms with E-state index < -0.39 is 0 Å². The first-order valence-corrected chi connectivity index (χ1v) is 11.0. The molecule has 1 aromatic carbocycles. The SMILES string of the molecule is COc1ccc(Nc2cc(C)nc(N3CCN(C(=O)c4cc5ccccn5c4)CC3)n2)cc1. The van der Waals surface area contributed by atoms with Gasteiger partial charge in [0.15, 0.2) is 0 Å². The molecule has 1 N–H and O–H groups in total. The molecule has 8 nitrogen and oxygen atoms in total. The van der Waals surface area contributed by atoms with Gasteiger partial charge in [-0.25, -0.2) is 4.98 Å². The smallest absolute Gasteiger partial charge is 0.255 e. The number of hydrogen-bond acceptors (Lipinski definition) is 6. The number of amides is 1. The van der Waals surface area contributed by atoms with Gasteiger partial charge in [-0.15, -0.1) is 0 Å². The Morgan fingerprint density at radius 2 is 1.79 bits per heavy atom. The summed E-state index contributed by atoms with van der Waals surface area (Å²) in [7, 11) is 1.65. The van der Waals surface area contributed by atoms with Gasteiger partial charge in [0.1, 0.15) is 11.6 Å². The molecule has 0 radical (unpaired) electrons. The molecule has 0 saturated carbocycles. The first-order chi connectivity index (χ1) is 16.1. The van der Waals surface area contributed by atoms with Crippen molar-refractivity contribution in [3.63, 3.8) is 0 Å². The van der Waals surface area contributed by atoms with E-state index in [0.29, 0.717) is 37.7 Å². The molecule has 33 heavy (non-hydrogen) atoms. The maximum absolute atomic E-state index is 13.0. The average molecular weight is 443 g/mol. The quantitative estimate of drug-likeness (QED) is 0.507. The molecule has 8 heteroatoms. The molecule has 0 spiro atoms. The first-order valence-electron chi connectivity index (χ1n) is 11.0. The van der Waals surface area contributed by atoms with Crippen molar-refractivity contribution in [2.45, 2.75) is 6.92 Å². The van der Waals surface area contributed by atoms with E-state index in [0.717, 1.165) is 28.5 Å². The number of aromatic nitrogens is 3. The molecular weight excluding hydrogens is 416 g/mol. The molecular formula is C25H26N6O2. The van der Waals surface area contributed by atoms with Gasteiger partial charge in [-0.2, -0.15) is 4.98 Å². The Morgan fingerprint density at radius 1 is 1.00 bits per heavy atom. The summed E-state index contributed by atoms with van der Waals surface area (Å²) in [5.41, 5.74) is 3.54. The Labute approximate surface area is 192 Å². The van der Waals surface area contributed by atoms with Crippen molar-refractivity contribution in [1.82, 2.24) is 19.3 Å². The molecule has 1 aliphatic rings. The third kappa shape index (κ3) is 4.45. The van der Waals surface area contributed by atoms with Crippen LogP contribution < -0.4 is 15.0 Å². The number of benzene rings is 1. The van der Waals surface area contributed by atoms with E-state index in [-0.39, 0.29) is 5.91 Å². The standard InChI is InChI=1S/C25H26N6O2/c1-18-15-23(27-20-6-8-22(33-2)9-7-20)28-25(26-18)30-13-11-29(12-14-30)24(32)19-16-21-5-3-4-10-31(21)17-19/h3-10,15-17H,11-14H2,1-2H3,(H,26,27,28). The van der Waals surface area contributed by atoms with E-state index in [9.17, 15) is 4.79 Å². The Kier molecular flexibility index (Phi) is 5.56. The van der Waals surface area contributed by atoms with E-state index >= 15 is 0 Å². The Bertz CT molecular complexity index is 1240. The predicted molar refractivity (Wildman–Crippen MR) is 129 cm³/mol. The molecule has 1 saturated heterocycles. The third-order valence-corrected chi connectivity index (χ3v) is 5.81. The van der Waals surface area contributed by atoms with Crippen molar-refractivity contribution in [3.8, 4) is 5.75 Å². The van der Waals surface area contributed by atoms with Gasteiger partial charge in [0, 0.05) is 61.5 Å². The molecule has 168 valence electrons. The van der Waals surface area contributed by atoms with Gasteiger partial charge in [0.05, 0.1) is 12.7 Å². The molecule has 1 fully saturated rings. The normalized spacial score (nSPS) is 13.9. The summed E-state index contributed by atoms with van der Waals surface area (Å²) in [5, 5.41) is 3.34. The fraction of sp³-hybridized carbons (Fsp3) is 0.240. The van der Waals surface area contributed by atoms with Crippen LogP contribution in [0, 0.1) is 6.92 Å². The number of fused-ring (bicyclic) bond motifs is 1. The van der Waals surface area contributed by atoms with Crippen molar-refractivity contribution in [1.29, 1.82) is 0 Å². The second-order valence-electron chi connectivity index (χ2n) is 8.09. The number of nitrogens with zero attached hydrogens (tertiary/aromatic N) is 5. The van der Waals surface area contributed by atoms with Gasteiger partial charge >= 0.3 is 0 Å². The summed E-state index contributed by atoms with van der Waals surface area (Å²) >= 11 is 0. The van der Waals surface area contributed by atoms with Gasteiger partial charge in [-0.1, -0.05) is 6.07 Å². The van der Waals surface area contributed by atoms with Gasteiger partial charge in [0.25, 0.3) is 5.91 Å². The Hall–Kier alpha value is -4.07. The number of carbonyl (C=O) groups excluding carboxylic acids is 1. The molecule has 0 atom stereocenters. The maximum atomic E-state index is 13.0. The van der Waals surface area contributed by atoms with Crippen LogP contribution >= 0.6 is 0 Å². The van der Waals surface area contributed by atoms with Gasteiger partial charge in [-0.3, -0.25) is 4.79 Å². The first kappa shape index (κ1) is 20.8. The van der Waals surface area contributed by atoms with Crippen molar-refractivity contribution < 1.29 is 9.53 Å². The van der Waals surface area contributed by atoms with E-state index in [1.165, 1.54) is 0 Å². The number of hydrogen-bond donors (Lipinski definition) is 1. The van der Waals surface area contributed by atoms with Gasteiger partial charge in [-0.05, 0) is 49.4 Å². The van der Waals surface area contributed by atoms with Crippen LogP contribution in [-0.4, -0.2) is 58.5 Å². The second-order valence-corrected chi connectivity index (χ2v) is 8.09. The monoisotopic (exact) mass is 442 g/mol. The highest BCUT2D eigenvalue weighted by molar-refractivity contribution is 5.95. The van der Waals surface area contributed by atoms with Crippen LogP contribution in [0.2, 0.25) is 0 Å². The fourth-order valence-corrected chi connectivity index (χ4v) is 4.04. The van der Waals surface area contributed by atoms with Crippen LogP contribution in [0.5, 0.6) is 5.75 Å². The van der Waals surface area contributed by atoms with Crippen LogP contribution in [0.25, 0.3) is 5.52 Å². The summed E-state index contributed by atoms with van der Waals surface area (Å²) in [6, 6.07) is 17.5. The van der Waals surface area contributed by atoms with Crippen molar-refractivity contribution in [2.75, 3.05) is 43.5 Å². The molecule has 0 unspecified atom stereocenters. The largest absolute Gasteiger partial charge is 0.497 e. The van der Waals surface area contributed by atoms with Crippen LogP contribution in [-0.2, 0) is 0 Å². The highest BCUT2D eigenvalue weighted by Gasteiger charge is 2.24. The lowest BCUT2D eigenvalue weighted by Crippen LogP contribution is -2.49. The summed E-state index contributed by atoms with van der Waals surface area (Å²) in [4.78, 5) is 26.4. The Morgan fingerprint density at radius 3 is 2.52 bits per heavy atom. The highest BCUT2D eigenvalue weighted by Crippen LogP contribution is 2.22. The zero-order valence-electron chi connectivity index (χ0n) is 18.7. The van der Waals surface area contributed by atoms with E-state index in [4.69, 9.17) is 9.72 Å². The molecule has 5 rings (SSSR count). The van der Waals surface area contributed by atoms with Crippen LogP contribution in [0.1, 0.15) is 16.1 Å². The van der Waals surface area contributed by atoms with Gasteiger partial charge < -0.3 is 24.3 Å². The lowest BCUT2D eigenvalue weighted by Gasteiger charge is -2.34. The maximum Gasteiger partial charge on any atom is 0.255 e. The molecule has 0 aliphatic carbocycles. The highest BCUT2D eigenvalue weighted by atomic mass is 16.5. The summed E-state index contributed by atoms with van der Waals surface area (Å²) < 4.78 is 7.19. The topological polar surface area (TPSA) is 75.0 Å². The lowest BCUT2D eigenvalue weighted by atomic mass is 10.2. The second kappa shape index (κ2) is 8.82. The lowest BCUT2D eigenvalue weighted by molar-refractivity contribution is 0.0746. The van der Waals surface area contributed by atoms with Gasteiger partial charge in [0.2, 0.25) is 5.95 Å². The van der Waals surface area contributed by atoms with Crippen LogP contribution in [0.15, 0.2) is 67.0 Å². The zero-order chi connectivity index (χ0) is 22.8. The summed E-state index contributed by atoms with van der Waals surface area (Å²) in [6.07, 6.45) is 3.85.